The van der Waals surface area contributed by atoms with E-state index in [1.165, 1.54) is 16.8 Å². The lowest BCUT2D eigenvalue weighted by molar-refractivity contribution is -0.137. The van der Waals surface area contributed by atoms with E-state index >= 15 is 0 Å². The highest BCUT2D eigenvalue weighted by molar-refractivity contribution is 7.97. The molecule has 11 heteroatoms. The van der Waals surface area contributed by atoms with Crippen LogP contribution in [0.15, 0.2) is 29.3 Å². The van der Waals surface area contributed by atoms with Gasteiger partial charge in [0.2, 0.25) is 12.4 Å². The summed E-state index contributed by atoms with van der Waals surface area (Å²) in [4.78, 5) is 10.2. The van der Waals surface area contributed by atoms with E-state index in [-0.39, 0.29) is 31.3 Å². The van der Waals surface area contributed by atoms with Gasteiger partial charge in [-0.3, -0.25) is 4.72 Å². The van der Waals surface area contributed by atoms with E-state index in [9.17, 15) is 22.0 Å². The number of nitrogens with zero attached hydrogens (tertiary/aromatic N) is 3. The molecule has 0 amide bonds. The van der Waals surface area contributed by atoms with Gasteiger partial charge in [-0.05, 0) is 69.3 Å². The number of aromatic nitrogens is 2. The van der Waals surface area contributed by atoms with Crippen molar-refractivity contribution in [2.24, 2.45) is 5.92 Å². The average Bonchev–Trinajstić information content (AvgIpc) is 2.73. The Morgan fingerprint density at radius 2 is 1.97 bits per heavy atom. The van der Waals surface area contributed by atoms with Crippen LogP contribution in [0.1, 0.15) is 37.8 Å². The molecule has 5 nitrogen and oxygen atoms in total. The lowest BCUT2D eigenvalue weighted by Gasteiger charge is -2.34. The van der Waals surface area contributed by atoms with Gasteiger partial charge in [-0.25, -0.2) is 13.8 Å². The van der Waals surface area contributed by atoms with Crippen molar-refractivity contribution in [2.75, 3.05) is 23.3 Å². The quantitative estimate of drug-likeness (QED) is 0.377. The Kier molecular flexibility index (Phi) is 7.81. The summed E-state index contributed by atoms with van der Waals surface area (Å²) in [6.07, 6.45) is -5.91. The highest BCUT2D eigenvalue weighted by Gasteiger charge is 2.38. The third kappa shape index (κ3) is 6.22. The second-order valence-electron chi connectivity index (χ2n) is 8.09. The minimum atomic E-state index is -4.69. The van der Waals surface area contributed by atoms with E-state index in [0.29, 0.717) is 24.3 Å². The van der Waals surface area contributed by atoms with Crippen molar-refractivity contribution in [3.05, 3.63) is 35.5 Å². The molecule has 3 rings (SSSR count). The molecule has 0 spiro atoms. The molecule has 0 saturated carbocycles. The Bertz CT molecular complexity index is 922. The molecule has 1 aromatic carbocycles. The van der Waals surface area contributed by atoms with Crippen molar-refractivity contribution >= 4 is 29.4 Å². The maximum atomic E-state index is 13.6. The summed E-state index contributed by atoms with van der Waals surface area (Å²) in [5.74, 6) is -1.37. The Labute approximate surface area is 188 Å². The lowest BCUT2D eigenvalue weighted by Crippen LogP contribution is -2.39. The first-order chi connectivity index (χ1) is 15.0. The van der Waals surface area contributed by atoms with Gasteiger partial charge in [0.05, 0.1) is 0 Å². The van der Waals surface area contributed by atoms with E-state index in [1.54, 1.807) is 6.07 Å². The van der Waals surface area contributed by atoms with Gasteiger partial charge in [0.25, 0.3) is 0 Å². The summed E-state index contributed by atoms with van der Waals surface area (Å²) >= 11 is 1.48. The van der Waals surface area contributed by atoms with Gasteiger partial charge in [-0.15, -0.1) is 0 Å². The first kappa shape index (κ1) is 24.5. The monoisotopic (exact) mass is 475 g/mol. The number of aryl methyl sites for hydroxylation is 1. The van der Waals surface area contributed by atoms with Crippen molar-refractivity contribution in [3.8, 4) is 0 Å². The summed E-state index contributed by atoms with van der Waals surface area (Å²) in [5.41, 5.74) is 0.483. The predicted octanol–water partition coefficient (Wildman–Crippen LogP) is 6.03. The lowest BCUT2D eigenvalue weighted by atomic mass is 9.98. The van der Waals surface area contributed by atoms with Crippen LogP contribution >= 0.6 is 11.9 Å². The fourth-order valence-electron chi connectivity index (χ4n) is 3.43. The minimum absolute atomic E-state index is 0.0176. The van der Waals surface area contributed by atoms with E-state index < -0.39 is 24.1 Å². The van der Waals surface area contributed by atoms with Crippen LogP contribution < -0.4 is 14.9 Å². The van der Waals surface area contributed by atoms with Crippen LogP contribution in [0.3, 0.4) is 0 Å². The molecule has 1 atom stereocenters. The summed E-state index contributed by atoms with van der Waals surface area (Å²) in [6, 6.07) is 5.91. The van der Waals surface area contributed by atoms with Crippen molar-refractivity contribution in [3.63, 3.8) is 0 Å². The average molecular weight is 476 g/mol. The Morgan fingerprint density at radius 1 is 1.22 bits per heavy atom. The van der Waals surface area contributed by atoms with Crippen LogP contribution in [0.25, 0.3) is 0 Å². The number of piperidine rings is 1. The third-order valence-electron chi connectivity index (χ3n) is 5.04. The van der Waals surface area contributed by atoms with Gasteiger partial charge in [0.1, 0.15) is 11.4 Å². The van der Waals surface area contributed by atoms with Gasteiger partial charge >= 0.3 is 6.18 Å². The molecular weight excluding hydrogens is 449 g/mol. The molecule has 1 fully saturated rings. The second kappa shape index (κ2) is 10.2. The van der Waals surface area contributed by atoms with Crippen LogP contribution in [0.4, 0.5) is 39.4 Å². The van der Waals surface area contributed by atoms with Gasteiger partial charge < -0.3 is 10.2 Å². The summed E-state index contributed by atoms with van der Waals surface area (Å²) < 4.78 is 70.3. The van der Waals surface area contributed by atoms with Crippen molar-refractivity contribution in [1.82, 2.24) is 14.7 Å². The van der Waals surface area contributed by atoms with Crippen molar-refractivity contribution in [2.45, 2.75) is 57.2 Å². The molecule has 1 aromatic heterocycles. The van der Waals surface area contributed by atoms with Gasteiger partial charge in [-0.2, -0.15) is 18.2 Å². The van der Waals surface area contributed by atoms with Gasteiger partial charge in [-0.1, -0.05) is 0 Å². The molecule has 2 aromatic rings. The van der Waals surface area contributed by atoms with E-state index in [2.05, 4.69) is 20.0 Å². The molecule has 0 radical (unpaired) electrons. The molecule has 0 aliphatic carbocycles. The first-order valence-corrected chi connectivity index (χ1v) is 11.1. The fraction of sp³-hybridized carbons (Fsp3) is 0.524. The Morgan fingerprint density at radius 3 is 2.59 bits per heavy atom. The van der Waals surface area contributed by atoms with Crippen molar-refractivity contribution in [1.29, 1.82) is 0 Å². The number of hydrogen-bond donors (Lipinski definition) is 2. The molecular formula is C21H26F5N5S. The predicted molar refractivity (Wildman–Crippen MR) is 117 cm³/mol. The number of alkyl halides is 5. The molecule has 2 heterocycles. The molecule has 0 bridgehead atoms. The zero-order chi connectivity index (χ0) is 23.5. The summed E-state index contributed by atoms with van der Waals surface area (Å²) in [7, 11) is 0. The number of halogens is 5. The van der Waals surface area contributed by atoms with Crippen LogP contribution in [-0.4, -0.2) is 35.5 Å². The SMILES string of the molecule is Cc1cc(SNC(C)C)ccc1Nc1ncc(C(F)(F)F)c(N2CCCC(C(F)F)C2)n1. The molecule has 1 saturated heterocycles. The number of rotatable bonds is 7. The van der Waals surface area contributed by atoms with Gasteiger partial charge in [0.15, 0.2) is 0 Å². The van der Waals surface area contributed by atoms with E-state index in [1.807, 2.05) is 32.9 Å². The Balaban J connectivity index is 1.86. The minimum Gasteiger partial charge on any atom is -0.355 e. The van der Waals surface area contributed by atoms with Crippen LogP contribution in [0.5, 0.6) is 0 Å². The first-order valence-electron chi connectivity index (χ1n) is 10.3. The summed E-state index contributed by atoms with van der Waals surface area (Å²) in [5, 5.41) is 2.96. The molecule has 1 aliphatic heterocycles. The maximum Gasteiger partial charge on any atom is 0.421 e. The number of hydrogen-bond acceptors (Lipinski definition) is 6. The highest BCUT2D eigenvalue weighted by atomic mass is 32.2. The molecule has 2 N–H and O–H groups in total. The van der Waals surface area contributed by atoms with Crippen LogP contribution in [0, 0.1) is 12.8 Å². The number of benzene rings is 1. The molecule has 1 unspecified atom stereocenters. The number of anilines is 3. The Hall–Kier alpha value is -2.14. The van der Waals surface area contributed by atoms with E-state index in [4.69, 9.17) is 0 Å². The second-order valence-corrected chi connectivity index (χ2v) is 9.00. The van der Waals surface area contributed by atoms with Crippen LogP contribution in [-0.2, 0) is 6.18 Å². The molecule has 1 aliphatic rings. The number of nitrogens with one attached hydrogen (secondary N) is 2. The largest absolute Gasteiger partial charge is 0.421 e. The normalized spacial score (nSPS) is 17.3. The van der Waals surface area contributed by atoms with Crippen LogP contribution in [0.2, 0.25) is 0 Å². The molecule has 176 valence electrons. The van der Waals surface area contributed by atoms with Gasteiger partial charge in [0, 0.05) is 41.8 Å². The standard InChI is InChI=1S/C21H26F5N5S/c1-12(2)30-32-15-6-7-17(13(3)9-15)28-20-27-10-16(21(24,25)26)19(29-20)31-8-4-5-14(11-31)18(22)23/h6-7,9-10,12,14,18,30H,4-5,8,11H2,1-3H3,(H,27,28,29). The topological polar surface area (TPSA) is 53.1 Å². The third-order valence-corrected chi connectivity index (χ3v) is 6.12. The molecule has 32 heavy (non-hydrogen) atoms. The van der Waals surface area contributed by atoms with E-state index in [0.717, 1.165) is 10.5 Å². The zero-order valence-corrected chi connectivity index (χ0v) is 18.8. The zero-order valence-electron chi connectivity index (χ0n) is 18.0. The maximum absolute atomic E-state index is 13.6. The fourth-order valence-corrected chi connectivity index (χ4v) is 4.17. The summed E-state index contributed by atoms with van der Waals surface area (Å²) in [6.45, 7) is 5.98. The van der Waals surface area contributed by atoms with Crippen molar-refractivity contribution < 1.29 is 22.0 Å². The highest BCUT2D eigenvalue weighted by Crippen LogP contribution is 2.38. The smallest absolute Gasteiger partial charge is 0.355 e.